The Kier molecular flexibility index (Phi) is 2.76. The van der Waals surface area contributed by atoms with E-state index in [-0.39, 0.29) is 16.2 Å². The van der Waals surface area contributed by atoms with Crippen LogP contribution in [0, 0.1) is 34.0 Å². The average Bonchev–Trinajstić information content (AvgIpc) is 2.71. The van der Waals surface area contributed by atoms with Crippen LogP contribution in [0.4, 0.5) is 0 Å². The Morgan fingerprint density at radius 2 is 1.77 bits per heavy atom. The molecule has 4 rings (SSSR count). The fraction of sp³-hybridized carbons (Fsp3) is 0.850. The van der Waals surface area contributed by atoms with E-state index in [1.54, 1.807) is 0 Å². The number of allylic oxidation sites excluding steroid dienone is 1. The summed E-state index contributed by atoms with van der Waals surface area (Å²) in [4.78, 5) is 12.5. The summed E-state index contributed by atoms with van der Waals surface area (Å²) in [5, 5.41) is 10.7. The highest BCUT2D eigenvalue weighted by atomic mass is 16.3. The number of ketones is 1. The third kappa shape index (κ3) is 1.63. The molecule has 4 aliphatic rings. The Hall–Kier alpha value is -0.630. The molecule has 1 spiro atoms. The zero-order chi connectivity index (χ0) is 16.0. The van der Waals surface area contributed by atoms with Gasteiger partial charge in [0.1, 0.15) is 5.78 Å². The average molecular weight is 302 g/mol. The lowest BCUT2D eigenvalue weighted by molar-refractivity contribution is -0.156. The van der Waals surface area contributed by atoms with Gasteiger partial charge in [-0.3, -0.25) is 4.79 Å². The molecule has 0 amide bonds. The molecule has 2 nitrogen and oxygen atoms in total. The van der Waals surface area contributed by atoms with Crippen molar-refractivity contribution in [3.63, 3.8) is 0 Å². The SMILES string of the molecule is CC1(C)CC(=O)C[C@@]2(C)[C@H]1CC[C@H]1C[C@H]3C[C@]12C=C[C@]3(C)O. The predicted octanol–water partition coefficient (Wildman–Crippen LogP) is 4.13. The molecule has 0 aromatic rings. The van der Waals surface area contributed by atoms with Crippen molar-refractivity contribution in [3.05, 3.63) is 12.2 Å². The van der Waals surface area contributed by atoms with Crippen LogP contribution in [0.3, 0.4) is 0 Å². The number of aliphatic hydroxyl groups is 1. The van der Waals surface area contributed by atoms with Gasteiger partial charge >= 0.3 is 0 Å². The molecule has 4 aliphatic carbocycles. The van der Waals surface area contributed by atoms with Gasteiger partial charge in [0.2, 0.25) is 0 Å². The molecule has 2 heteroatoms. The lowest BCUT2D eigenvalue weighted by Gasteiger charge is -2.63. The molecule has 0 aliphatic heterocycles. The number of hydrogen-bond donors (Lipinski definition) is 1. The highest BCUT2D eigenvalue weighted by Gasteiger charge is 2.67. The molecule has 3 saturated carbocycles. The van der Waals surface area contributed by atoms with E-state index in [1.165, 1.54) is 12.8 Å². The molecule has 6 atom stereocenters. The largest absolute Gasteiger partial charge is 0.386 e. The molecule has 0 unspecified atom stereocenters. The number of hydrogen-bond acceptors (Lipinski definition) is 2. The maximum absolute atomic E-state index is 12.5. The summed E-state index contributed by atoms with van der Waals surface area (Å²) in [5.74, 6) is 2.11. The number of Topliss-reactive ketones (excluding diaryl/α,β-unsaturated/α-hetero) is 1. The van der Waals surface area contributed by atoms with Gasteiger partial charge in [-0.2, -0.15) is 0 Å². The molecule has 0 heterocycles. The van der Waals surface area contributed by atoms with Crippen LogP contribution < -0.4 is 0 Å². The van der Waals surface area contributed by atoms with Gasteiger partial charge in [0.15, 0.2) is 0 Å². The summed E-state index contributed by atoms with van der Waals surface area (Å²) >= 11 is 0. The van der Waals surface area contributed by atoms with E-state index >= 15 is 0 Å². The second kappa shape index (κ2) is 4.06. The van der Waals surface area contributed by atoms with Gasteiger partial charge in [0.05, 0.1) is 5.60 Å². The summed E-state index contributed by atoms with van der Waals surface area (Å²) < 4.78 is 0. The summed E-state index contributed by atoms with van der Waals surface area (Å²) in [5.41, 5.74) is -0.301. The monoisotopic (exact) mass is 302 g/mol. The first kappa shape index (κ1) is 14.9. The molecular formula is C20H30O2. The second-order valence-electron chi connectivity index (χ2n) is 9.86. The van der Waals surface area contributed by atoms with Crippen molar-refractivity contribution in [3.8, 4) is 0 Å². The van der Waals surface area contributed by atoms with Crippen molar-refractivity contribution in [2.24, 2.45) is 34.0 Å². The number of carbonyl (C=O) groups excluding carboxylic acids is 1. The highest BCUT2D eigenvalue weighted by Crippen LogP contribution is 2.73. The van der Waals surface area contributed by atoms with Crippen molar-refractivity contribution >= 4 is 5.78 Å². The third-order valence-corrected chi connectivity index (χ3v) is 8.22. The van der Waals surface area contributed by atoms with Crippen LogP contribution in [-0.2, 0) is 4.79 Å². The first-order chi connectivity index (χ1) is 10.1. The van der Waals surface area contributed by atoms with Crippen LogP contribution in [0.5, 0.6) is 0 Å². The lowest BCUT2D eigenvalue weighted by Crippen LogP contribution is -2.58. The topological polar surface area (TPSA) is 37.3 Å². The smallest absolute Gasteiger partial charge is 0.134 e. The van der Waals surface area contributed by atoms with Crippen molar-refractivity contribution in [2.45, 2.75) is 71.8 Å². The summed E-state index contributed by atoms with van der Waals surface area (Å²) in [6.45, 7) is 8.97. The maximum atomic E-state index is 12.5. The minimum Gasteiger partial charge on any atom is -0.386 e. The predicted molar refractivity (Wildman–Crippen MR) is 87.3 cm³/mol. The zero-order valence-electron chi connectivity index (χ0n) is 14.5. The molecule has 2 bridgehead atoms. The van der Waals surface area contributed by atoms with Crippen LogP contribution in [0.25, 0.3) is 0 Å². The van der Waals surface area contributed by atoms with E-state index in [4.69, 9.17) is 0 Å². The molecule has 0 radical (unpaired) electrons. The molecule has 0 saturated heterocycles. The van der Waals surface area contributed by atoms with Gasteiger partial charge in [0, 0.05) is 12.8 Å². The van der Waals surface area contributed by atoms with Gasteiger partial charge in [0.25, 0.3) is 0 Å². The van der Waals surface area contributed by atoms with Gasteiger partial charge < -0.3 is 5.11 Å². The molecule has 0 aromatic carbocycles. The summed E-state index contributed by atoms with van der Waals surface area (Å²) in [6.07, 6.45) is 10.7. The van der Waals surface area contributed by atoms with Crippen molar-refractivity contribution in [2.75, 3.05) is 0 Å². The van der Waals surface area contributed by atoms with Gasteiger partial charge in [-0.1, -0.05) is 32.9 Å². The number of rotatable bonds is 0. The van der Waals surface area contributed by atoms with E-state index in [9.17, 15) is 9.90 Å². The van der Waals surface area contributed by atoms with Crippen LogP contribution >= 0.6 is 0 Å². The fourth-order valence-corrected chi connectivity index (χ4v) is 7.23. The third-order valence-electron chi connectivity index (χ3n) is 8.22. The highest BCUT2D eigenvalue weighted by molar-refractivity contribution is 5.81. The fourth-order valence-electron chi connectivity index (χ4n) is 7.23. The normalized spacial score (nSPS) is 55.7. The molecule has 22 heavy (non-hydrogen) atoms. The lowest BCUT2D eigenvalue weighted by atomic mass is 9.40. The van der Waals surface area contributed by atoms with Crippen LogP contribution in [0.2, 0.25) is 0 Å². The Balaban J connectivity index is 1.85. The molecule has 122 valence electrons. The first-order valence-electron chi connectivity index (χ1n) is 9.05. The van der Waals surface area contributed by atoms with Crippen LogP contribution in [0.1, 0.15) is 66.2 Å². The van der Waals surface area contributed by atoms with Gasteiger partial charge in [-0.25, -0.2) is 0 Å². The molecular weight excluding hydrogens is 272 g/mol. The minimum atomic E-state index is -0.650. The van der Waals surface area contributed by atoms with Gasteiger partial charge in [-0.15, -0.1) is 0 Å². The van der Waals surface area contributed by atoms with E-state index in [1.807, 2.05) is 6.92 Å². The maximum Gasteiger partial charge on any atom is 0.134 e. The van der Waals surface area contributed by atoms with E-state index in [0.29, 0.717) is 23.5 Å². The van der Waals surface area contributed by atoms with E-state index in [2.05, 4.69) is 32.9 Å². The quantitative estimate of drug-likeness (QED) is 0.683. The van der Waals surface area contributed by atoms with Crippen molar-refractivity contribution in [1.29, 1.82) is 0 Å². The number of carbonyl (C=O) groups is 1. The summed E-state index contributed by atoms with van der Waals surface area (Å²) in [6, 6.07) is 0. The Morgan fingerprint density at radius 1 is 1.05 bits per heavy atom. The first-order valence-corrected chi connectivity index (χ1v) is 9.05. The van der Waals surface area contributed by atoms with Gasteiger partial charge in [-0.05, 0) is 66.6 Å². The molecule has 1 N–H and O–H groups in total. The van der Waals surface area contributed by atoms with E-state index in [0.717, 1.165) is 25.7 Å². The Bertz CT molecular complexity index is 558. The zero-order valence-corrected chi connectivity index (χ0v) is 14.5. The van der Waals surface area contributed by atoms with Crippen LogP contribution in [0.15, 0.2) is 12.2 Å². The minimum absolute atomic E-state index is 0.0799. The Labute approximate surface area is 134 Å². The van der Waals surface area contributed by atoms with Crippen LogP contribution in [-0.4, -0.2) is 16.5 Å². The standard InChI is InChI=1S/C20H30O2/c1-17(2)11-15(21)12-18(3)16(17)6-5-13-9-14-10-20(13,18)8-7-19(14,4)22/h7-8,13-14,16,22H,5-6,9-12H2,1-4H3/t13-,14-,16-,18-,19-,20+/m0/s1. The molecule has 0 aromatic heterocycles. The van der Waals surface area contributed by atoms with Crippen molar-refractivity contribution < 1.29 is 9.90 Å². The number of fused-ring (bicyclic) bond motifs is 2. The van der Waals surface area contributed by atoms with Crippen molar-refractivity contribution in [1.82, 2.24) is 0 Å². The molecule has 3 fully saturated rings. The summed E-state index contributed by atoms with van der Waals surface area (Å²) in [7, 11) is 0. The van der Waals surface area contributed by atoms with E-state index < -0.39 is 5.60 Å². The Morgan fingerprint density at radius 3 is 2.50 bits per heavy atom. The second-order valence-corrected chi connectivity index (χ2v) is 9.86.